The second-order valence-corrected chi connectivity index (χ2v) is 9.68. The highest BCUT2D eigenvalue weighted by molar-refractivity contribution is 6.31. The number of hydrogen-bond donors (Lipinski definition) is 1. The molecular formula is C26H19ClF4N11+. The average molecular weight is 597 g/mol. The lowest BCUT2D eigenvalue weighted by atomic mass is 10.0. The minimum Gasteiger partial charge on any atom is -0.263 e. The fourth-order valence-electron chi connectivity index (χ4n) is 4.50. The number of benzene rings is 1. The third-order valence-corrected chi connectivity index (χ3v) is 6.78. The van der Waals surface area contributed by atoms with Gasteiger partial charge in [-0.2, -0.15) is 18.3 Å². The van der Waals surface area contributed by atoms with Gasteiger partial charge in [-0.05, 0) is 35.9 Å². The van der Waals surface area contributed by atoms with E-state index in [4.69, 9.17) is 11.6 Å². The van der Waals surface area contributed by atoms with Gasteiger partial charge in [-0.25, -0.2) is 4.39 Å². The highest BCUT2D eigenvalue weighted by Gasteiger charge is 2.32. The molecule has 0 aliphatic heterocycles. The van der Waals surface area contributed by atoms with E-state index >= 15 is 4.39 Å². The molecule has 5 aromatic heterocycles. The van der Waals surface area contributed by atoms with Crippen molar-refractivity contribution in [1.82, 2.24) is 50.3 Å². The monoisotopic (exact) mass is 596 g/mol. The predicted octanol–water partition coefficient (Wildman–Crippen LogP) is 4.17. The molecule has 0 unspecified atom stereocenters. The van der Waals surface area contributed by atoms with E-state index in [0.29, 0.717) is 40.2 Å². The minimum atomic E-state index is -4.58. The number of aryl methyl sites for hydroxylation is 1. The summed E-state index contributed by atoms with van der Waals surface area (Å²) in [4.78, 5) is 8.05. The Balaban J connectivity index is 1.38. The molecular weight excluding hydrogens is 578 g/mol. The van der Waals surface area contributed by atoms with Crippen molar-refractivity contribution in [3.8, 4) is 27.9 Å². The van der Waals surface area contributed by atoms with Crippen molar-refractivity contribution in [2.24, 2.45) is 7.05 Å². The van der Waals surface area contributed by atoms with Gasteiger partial charge >= 0.3 is 6.18 Å². The number of aromatic amines is 1. The second kappa shape index (κ2) is 10.7. The van der Waals surface area contributed by atoms with Crippen LogP contribution in [0.1, 0.15) is 23.1 Å². The summed E-state index contributed by atoms with van der Waals surface area (Å²) < 4.78 is 59.6. The van der Waals surface area contributed by atoms with Crippen LogP contribution in [0.4, 0.5) is 17.6 Å². The fraction of sp³-hybridized carbons (Fsp3) is 0.154. The van der Waals surface area contributed by atoms with Gasteiger partial charge in [0, 0.05) is 49.4 Å². The van der Waals surface area contributed by atoms with Gasteiger partial charge in [0.25, 0.3) is 6.33 Å². The quantitative estimate of drug-likeness (QED) is 0.217. The summed E-state index contributed by atoms with van der Waals surface area (Å²) in [6.07, 6.45) is 4.57. The molecule has 0 aliphatic carbocycles. The first kappa shape index (κ1) is 27.1. The van der Waals surface area contributed by atoms with Crippen molar-refractivity contribution in [2.45, 2.75) is 18.6 Å². The zero-order valence-corrected chi connectivity index (χ0v) is 22.3. The molecule has 6 rings (SSSR count). The molecule has 42 heavy (non-hydrogen) atoms. The average Bonchev–Trinajstić information content (AvgIpc) is 3.76. The molecule has 11 nitrogen and oxygen atoms in total. The normalized spacial score (nSPS) is 12.5. The number of tetrazole rings is 1. The van der Waals surface area contributed by atoms with Crippen LogP contribution >= 0.6 is 11.6 Å². The molecule has 0 fully saturated rings. The number of rotatable bonds is 7. The molecule has 0 spiro atoms. The lowest BCUT2D eigenvalue weighted by molar-refractivity contribution is -0.659. The van der Waals surface area contributed by atoms with Crippen LogP contribution < -0.4 is 4.68 Å². The Kier molecular flexibility index (Phi) is 6.94. The second-order valence-electron chi connectivity index (χ2n) is 9.27. The first-order chi connectivity index (χ1) is 20.2. The summed E-state index contributed by atoms with van der Waals surface area (Å²) in [6.45, 7) is 0. The Morgan fingerprint density at radius 1 is 1.02 bits per heavy atom. The van der Waals surface area contributed by atoms with Crippen LogP contribution in [0.5, 0.6) is 0 Å². The number of nitrogens with zero attached hydrogens (tertiary/aromatic N) is 10. The van der Waals surface area contributed by atoms with Gasteiger partial charge in [0.15, 0.2) is 11.0 Å². The van der Waals surface area contributed by atoms with Gasteiger partial charge in [-0.3, -0.25) is 19.3 Å². The Bertz CT molecular complexity index is 1850. The summed E-state index contributed by atoms with van der Waals surface area (Å²) in [5.74, 6) is -0.644. The number of nitrogens with one attached hydrogen (secondary N) is 1. The van der Waals surface area contributed by atoms with Crippen molar-refractivity contribution >= 4 is 11.6 Å². The molecule has 1 atom stereocenters. The van der Waals surface area contributed by atoms with E-state index in [1.165, 1.54) is 35.5 Å². The molecule has 6 aromatic rings. The molecule has 0 saturated heterocycles. The molecule has 0 bridgehead atoms. The van der Waals surface area contributed by atoms with E-state index in [1.54, 1.807) is 47.0 Å². The van der Waals surface area contributed by atoms with Gasteiger partial charge in [-0.1, -0.05) is 28.1 Å². The molecule has 212 valence electrons. The van der Waals surface area contributed by atoms with Crippen molar-refractivity contribution in [2.75, 3.05) is 0 Å². The van der Waals surface area contributed by atoms with Crippen LogP contribution in [0, 0.1) is 5.82 Å². The predicted molar refractivity (Wildman–Crippen MR) is 139 cm³/mol. The van der Waals surface area contributed by atoms with Gasteiger partial charge in [0.05, 0.1) is 34.2 Å². The van der Waals surface area contributed by atoms with E-state index < -0.39 is 23.7 Å². The van der Waals surface area contributed by atoms with E-state index in [-0.39, 0.29) is 10.6 Å². The lowest BCUT2D eigenvalue weighted by Gasteiger charge is -2.17. The van der Waals surface area contributed by atoms with Gasteiger partial charge in [0.1, 0.15) is 16.5 Å². The maximum absolute atomic E-state index is 15.3. The van der Waals surface area contributed by atoms with Crippen molar-refractivity contribution < 1.29 is 22.2 Å². The van der Waals surface area contributed by atoms with E-state index in [9.17, 15) is 13.2 Å². The van der Waals surface area contributed by atoms with Gasteiger partial charge < -0.3 is 0 Å². The van der Waals surface area contributed by atoms with Crippen LogP contribution in [-0.2, 0) is 19.6 Å². The largest absolute Gasteiger partial charge is 0.433 e. The summed E-state index contributed by atoms with van der Waals surface area (Å²) in [5.41, 5.74) is 1.98. The molecule has 5 heterocycles. The zero-order valence-electron chi connectivity index (χ0n) is 21.6. The topological polar surface area (TPSA) is 120 Å². The fourth-order valence-corrected chi connectivity index (χ4v) is 4.66. The number of aromatic nitrogens is 11. The molecule has 1 aromatic carbocycles. The minimum absolute atomic E-state index is 0.0692. The number of hydrogen-bond acceptors (Lipinski definition) is 7. The highest BCUT2D eigenvalue weighted by atomic mass is 35.5. The molecule has 16 heteroatoms. The molecule has 0 saturated carbocycles. The van der Waals surface area contributed by atoms with E-state index in [1.807, 2.05) is 0 Å². The Morgan fingerprint density at radius 2 is 1.88 bits per heavy atom. The van der Waals surface area contributed by atoms with Crippen LogP contribution in [0.15, 0.2) is 73.7 Å². The van der Waals surface area contributed by atoms with Gasteiger partial charge in [0.2, 0.25) is 0 Å². The number of halogens is 5. The van der Waals surface area contributed by atoms with E-state index in [0.717, 1.165) is 12.3 Å². The maximum atomic E-state index is 15.3. The lowest BCUT2D eigenvalue weighted by Crippen LogP contribution is -2.33. The van der Waals surface area contributed by atoms with Crippen molar-refractivity contribution in [3.63, 3.8) is 0 Å². The highest BCUT2D eigenvalue weighted by Crippen LogP contribution is 2.33. The Morgan fingerprint density at radius 3 is 2.57 bits per heavy atom. The summed E-state index contributed by atoms with van der Waals surface area (Å²) in [5, 5.41) is 22.6. The van der Waals surface area contributed by atoms with Crippen LogP contribution in [0.2, 0.25) is 5.02 Å². The van der Waals surface area contributed by atoms with E-state index in [2.05, 4.69) is 40.9 Å². The van der Waals surface area contributed by atoms with Crippen LogP contribution in [0.3, 0.4) is 0 Å². The summed E-state index contributed by atoms with van der Waals surface area (Å²) in [6, 6.07) is 8.38. The Hall–Kier alpha value is -5.05. The number of pyridine rings is 2. The van der Waals surface area contributed by atoms with Crippen LogP contribution in [0.25, 0.3) is 27.9 Å². The molecule has 0 radical (unpaired) electrons. The smallest absolute Gasteiger partial charge is 0.263 e. The first-order valence-electron chi connectivity index (χ1n) is 12.3. The van der Waals surface area contributed by atoms with Crippen molar-refractivity contribution in [1.29, 1.82) is 0 Å². The summed E-state index contributed by atoms with van der Waals surface area (Å²) >= 11 is 6.10. The Labute approximate surface area is 239 Å². The standard InChI is InChI=1S/C26H18ClF4N11/c1-40-13-18(36-38-40)9-22(41-12-17(11-35-41)15-6-7-32-23(8-15)26(29,30)31)20-4-2-16(10-33-20)24-21(42-14-34-37-39-42)5-3-19(27)25(24)28/h2-8,10-14,22H,9H2,1H3/p+1/t22-/m0/s1. The summed E-state index contributed by atoms with van der Waals surface area (Å²) in [7, 11) is 1.73. The molecule has 0 aliphatic rings. The first-order valence-corrected chi connectivity index (χ1v) is 12.7. The third kappa shape index (κ3) is 5.33. The van der Waals surface area contributed by atoms with Crippen molar-refractivity contribution in [3.05, 3.63) is 102 Å². The number of alkyl halides is 3. The number of H-pyrrole nitrogens is 1. The van der Waals surface area contributed by atoms with Gasteiger partial charge in [-0.15, -0.1) is 9.78 Å². The molecule has 1 N–H and O–H groups in total. The SMILES string of the molecule is Cn1cc(C[C@@H](c2ccc(-c3c(-[n+]4cnn[nH]4)ccc(Cl)c3F)cn2)n2cc(-c3ccnc(C(F)(F)F)c3)cn2)nn1. The zero-order chi connectivity index (χ0) is 29.4. The van der Waals surface area contributed by atoms with Crippen LogP contribution in [-0.4, -0.2) is 50.3 Å². The third-order valence-electron chi connectivity index (χ3n) is 6.48. The maximum Gasteiger partial charge on any atom is 0.433 e. The molecule has 0 amide bonds.